The summed E-state index contributed by atoms with van der Waals surface area (Å²) in [4.78, 5) is 40.4. The third-order valence-corrected chi connectivity index (χ3v) is 5.66. The minimum atomic E-state index is -0.642. The van der Waals surface area contributed by atoms with Gasteiger partial charge in [0.2, 0.25) is 0 Å². The number of hydrogen-bond acceptors (Lipinski definition) is 5. The fourth-order valence-corrected chi connectivity index (χ4v) is 4.05. The maximum absolute atomic E-state index is 13.1. The number of para-hydroxylation sites is 2. The monoisotopic (exact) mass is 416 g/mol. The number of urea groups is 1. The third kappa shape index (κ3) is 3.70. The van der Waals surface area contributed by atoms with Crippen molar-refractivity contribution in [1.82, 2.24) is 9.80 Å². The van der Waals surface area contributed by atoms with E-state index in [1.54, 1.807) is 0 Å². The highest BCUT2D eigenvalue weighted by Crippen LogP contribution is 2.38. The summed E-state index contributed by atoms with van der Waals surface area (Å²) < 4.78 is 0. The van der Waals surface area contributed by atoms with Crippen molar-refractivity contribution in [3.05, 3.63) is 84.0 Å². The Morgan fingerprint density at radius 1 is 0.806 bits per heavy atom. The van der Waals surface area contributed by atoms with E-state index in [1.165, 1.54) is 14.1 Å². The van der Waals surface area contributed by atoms with Gasteiger partial charge in [0.1, 0.15) is 5.57 Å². The molecule has 0 radical (unpaired) electrons. The number of barbiturate groups is 1. The molecular weight excluding hydrogens is 392 g/mol. The average Bonchev–Trinajstić information content (AvgIpc) is 3.07. The second kappa shape index (κ2) is 8.10. The van der Waals surface area contributed by atoms with E-state index in [-0.39, 0.29) is 11.6 Å². The molecule has 2 unspecified atom stereocenters. The number of hydrogen-bond donors (Lipinski definition) is 2. The molecule has 2 N–H and O–H groups in total. The largest absolute Gasteiger partial charge is 0.378 e. The van der Waals surface area contributed by atoms with Crippen LogP contribution in [-0.4, -0.2) is 53.8 Å². The van der Waals surface area contributed by atoms with Crippen molar-refractivity contribution in [2.75, 3.05) is 24.7 Å². The Balaban J connectivity index is 1.82. The van der Waals surface area contributed by atoms with E-state index in [0.29, 0.717) is 12.0 Å². The lowest BCUT2D eigenvalue weighted by atomic mass is 9.96. The second-order valence-electron chi connectivity index (χ2n) is 7.71. The maximum atomic E-state index is 13.1. The topological polar surface area (TPSA) is 81.8 Å². The van der Waals surface area contributed by atoms with Crippen molar-refractivity contribution in [3.8, 4) is 0 Å². The number of carbonyl (C=O) groups excluding carboxylic acids is 3. The Morgan fingerprint density at radius 2 is 1.29 bits per heavy atom. The van der Waals surface area contributed by atoms with Crippen LogP contribution in [0.5, 0.6) is 0 Å². The minimum absolute atomic E-state index is 0.00473. The lowest BCUT2D eigenvalue weighted by Gasteiger charge is -2.32. The van der Waals surface area contributed by atoms with Gasteiger partial charge in [0.05, 0.1) is 12.1 Å². The summed E-state index contributed by atoms with van der Waals surface area (Å²) in [6, 6.07) is 17.8. The molecule has 0 aromatic heterocycles. The van der Waals surface area contributed by atoms with Crippen molar-refractivity contribution < 1.29 is 14.4 Å². The highest BCUT2D eigenvalue weighted by Gasteiger charge is 2.45. The van der Waals surface area contributed by atoms with Crippen molar-refractivity contribution in [3.63, 3.8) is 0 Å². The van der Waals surface area contributed by atoms with Crippen LogP contribution < -0.4 is 10.6 Å². The molecule has 4 amide bonds. The smallest absolute Gasteiger partial charge is 0.333 e. The normalized spacial score (nSPS) is 21.7. The number of benzene rings is 2. The third-order valence-electron chi connectivity index (χ3n) is 5.66. The van der Waals surface area contributed by atoms with E-state index >= 15 is 0 Å². The molecule has 0 bridgehead atoms. The summed E-state index contributed by atoms with van der Waals surface area (Å²) in [5.41, 5.74) is 3.17. The minimum Gasteiger partial charge on any atom is -0.378 e. The molecule has 2 aromatic carbocycles. The molecule has 158 valence electrons. The fraction of sp³-hybridized carbons (Fsp3) is 0.208. The number of amides is 4. The number of imide groups is 2. The lowest BCUT2D eigenvalue weighted by Crippen LogP contribution is -2.54. The predicted molar refractivity (Wildman–Crippen MR) is 119 cm³/mol. The van der Waals surface area contributed by atoms with Gasteiger partial charge in [-0.1, -0.05) is 43.0 Å². The van der Waals surface area contributed by atoms with Gasteiger partial charge in [-0.25, -0.2) is 4.79 Å². The summed E-state index contributed by atoms with van der Waals surface area (Å²) in [5.74, 6) is -1.20. The summed E-state index contributed by atoms with van der Waals surface area (Å²) in [5, 5.41) is 6.84. The zero-order valence-corrected chi connectivity index (χ0v) is 17.5. The van der Waals surface area contributed by atoms with Gasteiger partial charge in [-0.2, -0.15) is 0 Å². The van der Waals surface area contributed by atoms with Crippen LogP contribution in [0.4, 0.5) is 16.2 Å². The molecule has 1 saturated heterocycles. The van der Waals surface area contributed by atoms with Gasteiger partial charge < -0.3 is 10.6 Å². The maximum Gasteiger partial charge on any atom is 0.333 e. The SMILES string of the molecule is C=C1CC(Nc2ccccc2)C(=C2C(=O)N(C)C(=O)N(C)C2=O)C1Nc1ccccc1. The standard InChI is InChI=1S/C24H24N4O3/c1-15-14-18(25-16-10-6-4-7-11-16)19(21(15)26-17-12-8-5-9-13-17)20-22(29)27(2)24(31)28(3)23(20)30/h4-13,18,21,25-26H,1,14H2,2-3H3. The number of carbonyl (C=O) groups is 3. The fourth-order valence-electron chi connectivity index (χ4n) is 4.05. The first-order valence-electron chi connectivity index (χ1n) is 10.0. The second-order valence-corrected chi connectivity index (χ2v) is 7.71. The first-order valence-corrected chi connectivity index (χ1v) is 10.0. The van der Waals surface area contributed by atoms with Crippen molar-refractivity contribution in [2.24, 2.45) is 0 Å². The number of likely N-dealkylation sites (N-methyl/N-ethyl adjacent to an activating group) is 2. The molecule has 2 atom stereocenters. The van der Waals surface area contributed by atoms with Crippen molar-refractivity contribution in [1.29, 1.82) is 0 Å². The van der Waals surface area contributed by atoms with Crippen LogP contribution in [0, 0.1) is 0 Å². The van der Waals surface area contributed by atoms with E-state index in [1.807, 2.05) is 60.7 Å². The van der Waals surface area contributed by atoms with E-state index < -0.39 is 23.9 Å². The van der Waals surface area contributed by atoms with E-state index in [2.05, 4.69) is 17.2 Å². The van der Waals surface area contributed by atoms with Gasteiger partial charge in [-0.15, -0.1) is 0 Å². The molecule has 0 spiro atoms. The zero-order valence-electron chi connectivity index (χ0n) is 17.5. The molecule has 2 fully saturated rings. The molecule has 1 heterocycles. The van der Waals surface area contributed by atoms with Gasteiger partial charge in [0, 0.05) is 25.5 Å². The number of nitrogens with one attached hydrogen (secondary N) is 2. The van der Waals surface area contributed by atoms with Crippen molar-refractivity contribution >= 4 is 29.2 Å². The molecular formula is C24H24N4O3. The van der Waals surface area contributed by atoms with Gasteiger partial charge in [-0.3, -0.25) is 19.4 Å². The molecule has 1 aliphatic heterocycles. The molecule has 7 nitrogen and oxygen atoms in total. The number of nitrogens with zero attached hydrogens (tertiary/aromatic N) is 2. The van der Waals surface area contributed by atoms with Crippen LogP contribution >= 0.6 is 0 Å². The van der Waals surface area contributed by atoms with Crippen LogP contribution in [0.15, 0.2) is 84.0 Å². The Morgan fingerprint density at radius 3 is 1.81 bits per heavy atom. The van der Waals surface area contributed by atoms with E-state index in [9.17, 15) is 14.4 Å². The zero-order chi connectivity index (χ0) is 22.1. The highest BCUT2D eigenvalue weighted by atomic mass is 16.2. The van der Waals surface area contributed by atoms with Gasteiger partial charge in [0.25, 0.3) is 11.8 Å². The van der Waals surface area contributed by atoms with Crippen LogP contribution in [0.2, 0.25) is 0 Å². The molecule has 2 aliphatic rings. The average molecular weight is 416 g/mol. The van der Waals surface area contributed by atoms with E-state index in [4.69, 9.17) is 0 Å². The van der Waals surface area contributed by atoms with E-state index in [0.717, 1.165) is 26.7 Å². The Kier molecular flexibility index (Phi) is 5.33. The van der Waals surface area contributed by atoms with Crippen LogP contribution in [0.3, 0.4) is 0 Å². The lowest BCUT2D eigenvalue weighted by molar-refractivity contribution is -0.134. The molecule has 4 rings (SSSR count). The highest BCUT2D eigenvalue weighted by molar-refractivity contribution is 6.29. The van der Waals surface area contributed by atoms with Gasteiger partial charge in [0.15, 0.2) is 0 Å². The predicted octanol–water partition coefficient (Wildman–Crippen LogP) is 3.25. The number of anilines is 2. The van der Waals surface area contributed by atoms with Crippen LogP contribution in [-0.2, 0) is 9.59 Å². The molecule has 2 aromatic rings. The van der Waals surface area contributed by atoms with Crippen LogP contribution in [0.25, 0.3) is 0 Å². The molecule has 7 heteroatoms. The molecule has 1 aliphatic carbocycles. The Bertz CT molecular complexity index is 1050. The summed E-state index contributed by atoms with van der Waals surface area (Å²) in [6.45, 7) is 4.22. The first-order chi connectivity index (χ1) is 14.9. The summed E-state index contributed by atoms with van der Waals surface area (Å²) in [7, 11) is 2.77. The van der Waals surface area contributed by atoms with Gasteiger partial charge >= 0.3 is 6.03 Å². The Hall–Kier alpha value is -3.87. The Labute approximate surface area is 181 Å². The first kappa shape index (κ1) is 20.4. The summed E-state index contributed by atoms with van der Waals surface area (Å²) in [6.07, 6.45) is 0.542. The molecule has 31 heavy (non-hydrogen) atoms. The quantitative estimate of drug-likeness (QED) is 0.454. The van der Waals surface area contributed by atoms with Gasteiger partial charge in [-0.05, 0) is 41.8 Å². The number of rotatable bonds is 4. The van der Waals surface area contributed by atoms with Crippen LogP contribution in [0.1, 0.15) is 6.42 Å². The molecule has 1 saturated carbocycles. The summed E-state index contributed by atoms with van der Waals surface area (Å²) >= 11 is 0. The van der Waals surface area contributed by atoms with Crippen molar-refractivity contribution in [2.45, 2.75) is 18.5 Å².